The van der Waals surface area contributed by atoms with Gasteiger partial charge in [0.05, 0.1) is 21.8 Å². The van der Waals surface area contributed by atoms with Crippen molar-refractivity contribution in [1.29, 1.82) is 0 Å². The van der Waals surface area contributed by atoms with E-state index in [-0.39, 0.29) is 11.3 Å². The number of amides is 1. The van der Waals surface area contributed by atoms with Gasteiger partial charge in [-0.05, 0) is 105 Å². The molecule has 0 unspecified atom stereocenters. The Kier molecular flexibility index (Phi) is 8.54. The number of pyridine rings is 1. The van der Waals surface area contributed by atoms with Crippen molar-refractivity contribution >= 4 is 38.4 Å². The van der Waals surface area contributed by atoms with Crippen molar-refractivity contribution in [3.63, 3.8) is 0 Å². The number of nitrogens with zero attached hydrogens (tertiary/aromatic N) is 3. The van der Waals surface area contributed by atoms with E-state index in [9.17, 15) is 4.79 Å². The summed E-state index contributed by atoms with van der Waals surface area (Å²) in [5.74, 6) is 1.66. The molecule has 4 heterocycles. The van der Waals surface area contributed by atoms with Crippen molar-refractivity contribution in [1.82, 2.24) is 19.6 Å². The van der Waals surface area contributed by atoms with Crippen LogP contribution >= 0.6 is 11.8 Å². The Labute approximate surface area is 239 Å². The number of carbonyl (C=O) groups is 1. The van der Waals surface area contributed by atoms with Gasteiger partial charge in [0.1, 0.15) is 11.4 Å². The molecule has 3 aromatic rings. The number of aryl methyl sites for hydroxylation is 1. The fraction of sp³-hybridized carbons (Fsp3) is 0.484. The topological polar surface area (TPSA) is 58.9 Å². The van der Waals surface area contributed by atoms with Crippen molar-refractivity contribution in [3.8, 4) is 5.75 Å². The number of likely N-dealkylation sites (tertiary alicyclic amines) is 1. The second-order valence-corrected chi connectivity index (χ2v) is 15.6. The Morgan fingerprint density at radius 3 is 2.72 bits per heavy atom. The van der Waals surface area contributed by atoms with E-state index in [0.717, 1.165) is 78.9 Å². The van der Waals surface area contributed by atoms with Gasteiger partial charge < -0.3 is 14.6 Å². The van der Waals surface area contributed by atoms with Crippen LogP contribution in [0.25, 0.3) is 11.7 Å². The zero-order valence-electron chi connectivity index (χ0n) is 24.0. The SMILES string of the molecule is C[SiH](C)Oc1cc(C(C)(C)C)ccc1CCCN1CCC(CNC(=O)C2=Cc3cnc4cccc(n34)S2)CC1. The van der Waals surface area contributed by atoms with E-state index in [1.165, 1.54) is 22.9 Å². The summed E-state index contributed by atoms with van der Waals surface area (Å²) < 4.78 is 8.43. The van der Waals surface area contributed by atoms with E-state index in [0.29, 0.717) is 5.92 Å². The standard InChI is InChI=1S/C31H42N4O2SSi/c1-31(2,3)24-12-11-23(26(18-24)37-39(4)5)8-7-15-34-16-13-22(14-17-34)20-33-30(36)27-19-25-21-32-28-9-6-10-29(38-27)35(25)28/h6,9-12,18-19,21-22,39H,7-8,13-17,20H2,1-5H3,(H,33,36). The number of benzene rings is 1. The number of thioether (sulfide) groups is 1. The number of nitrogens with one attached hydrogen (secondary N) is 1. The van der Waals surface area contributed by atoms with E-state index in [1.807, 2.05) is 30.5 Å². The summed E-state index contributed by atoms with van der Waals surface area (Å²) in [4.78, 5) is 20.7. The van der Waals surface area contributed by atoms with Gasteiger partial charge in [0.2, 0.25) is 9.04 Å². The largest absolute Gasteiger partial charge is 0.547 e. The summed E-state index contributed by atoms with van der Waals surface area (Å²) in [7, 11) is -1.16. The minimum Gasteiger partial charge on any atom is -0.547 e. The molecule has 1 N–H and O–H groups in total. The average Bonchev–Trinajstić information content (AvgIpc) is 3.32. The van der Waals surface area contributed by atoms with Crippen LogP contribution in [0.2, 0.25) is 13.1 Å². The molecule has 0 aliphatic carbocycles. The van der Waals surface area contributed by atoms with Gasteiger partial charge in [-0.1, -0.05) is 50.7 Å². The van der Waals surface area contributed by atoms with Gasteiger partial charge in [-0.2, -0.15) is 0 Å². The highest BCUT2D eigenvalue weighted by molar-refractivity contribution is 8.04. The van der Waals surface area contributed by atoms with Gasteiger partial charge in [-0.15, -0.1) is 0 Å². The van der Waals surface area contributed by atoms with Crippen LogP contribution in [0, 0.1) is 5.92 Å². The Morgan fingerprint density at radius 2 is 1.97 bits per heavy atom. The predicted octanol–water partition coefficient (Wildman–Crippen LogP) is 5.90. The highest BCUT2D eigenvalue weighted by Gasteiger charge is 2.23. The number of hydrogen-bond acceptors (Lipinski definition) is 5. The molecule has 0 saturated carbocycles. The van der Waals surface area contributed by atoms with Gasteiger partial charge >= 0.3 is 0 Å². The minimum atomic E-state index is -1.16. The summed E-state index contributed by atoms with van der Waals surface area (Å²) in [5, 5.41) is 4.24. The second-order valence-electron chi connectivity index (χ2n) is 12.2. The fourth-order valence-electron chi connectivity index (χ4n) is 5.42. The molecule has 39 heavy (non-hydrogen) atoms. The Morgan fingerprint density at radius 1 is 1.18 bits per heavy atom. The third kappa shape index (κ3) is 6.79. The van der Waals surface area contributed by atoms with Gasteiger partial charge in [0.15, 0.2) is 0 Å². The third-order valence-corrected chi connectivity index (χ3v) is 9.49. The van der Waals surface area contributed by atoms with Gasteiger partial charge in [-0.25, -0.2) is 4.98 Å². The molecule has 1 saturated heterocycles. The molecule has 1 amide bonds. The van der Waals surface area contributed by atoms with Crippen LogP contribution in [0.3, 0.4) is 0 Å². The molecule has 0 atom stereocenters. The summed E-state index contributed by atoms with van der Waals surface area (Å²) in [6.07, 6.45) is 8.24. The average molecular weight is 563 g/mol. The summed E-state index contributed by atoms with van der Waals surface area (Å²) in [6, 6.07) is 12.9. The molecule has 6 nitrogen and oxygen atoms in total. The van der Waals surface area contributed by atoms with Crippen LogP contribution in [-0.4, -0.2) is 55.4 Å². The first kappa shape index (κ1) is 28.0. The highest BCUT2D eigenvalue weighted by atomic mass is 32.2. The zero-order chi connectivity index (χ0) is 27.6. The van der Waals surface area contributed by atoms with Crippen LogP contribution in [-0.2, 0) is 16.6 Å². The first-order chi connectivity index (χ1) is 18.7. The lowest BCUT2D eigenvalue weighted by molar-refractivity contribution is -0.117. The normalized spacial score (nSPS) is 16.5. The van der Waals surface area contributed by atoms with E-state index < -0.39 is 9.04 Å². The van der Waals surface area contributed by atoms with Crippen molar-refractivity contribution in [2.24, 2.45) is 5.92 Å². The van der Waals surface area contributed by atoms with Crippen LogP contribution in [0.5, 0.6) is 5.75 Å². The number of piperidine rings is 1. The van der Waals surface area contributed by atoms with Gasteiger partial charge in [0.25, 0.3) is 5.91 Å². The lowest BCUT2D eigenvalue weighted by Gasteiger charge is -2.32. The van der Waals surface area contributed by atoms with Gasteiger partial charge in [0, 0.05) is 6.54 Å². The fourth-order valence-corrected chi connectivity index (χ4v) is 7.16. The molecule has 0 radical (unpaired) electrons. The number of carbonyl (C=O) groups excluding carboxylic acids is 1. The maximum Gasteiger partial charge on any atom is 0.258 e. The molecule has 0 spiro atoms. The van der Waals surface area contributed by atoms with Gasteiger partial charge in [-0.3, -0.25) is 9.20 Å². The molecule has 208 valence electrons. The quantitative estimate of drug-likeness (QED) is 0.329. The first-order valence-electron chi connectivity index (χ1n) is 14.3. The molecule has 1 aromatic carbocycles. The second kappa shape index (κ2) is 11.9. The van der Waals surface area contributed by atoms with Crippen LogP contribution < -0.4 is 9.74 Å². The highest BCUT2D eigenvalue weighted by Crippen LogP contribution is 2.34. The molecule has 1 fully saturated rings. The Hall–Kier alpha value is -2.55. The zero-order valence-corrected chi connectivity index (χ0v) is 26.0. The summed E-state index contributed by atoms with van der Waals surface area (Å²) in [6.45, 7) is 15.3. The van der Waals surface area contributed by atoms with Crippen molar-refractivity contribution in [3.05, 3.63) is 64.3 Å². The van der Waals surface area contributed by atoms with Crippen molar-refractivity contribution < 1.29 is 9.22 Å². The van der Waals surface area contributed by atoms with Crippen LogP contribution in [0.1, 0.15) is 56.9 Å². The Balaban J connectivity index is 1.06. The Bertz CT molecular complexity index is 1350. The van der Waals surface area contributed by atoms with Crippen molar-refractivity contribution in [2.75, 3.05) is 26.2 Å². The third-order valence-electron chi connectivity index (χ3n) is 7.71. The molecular weight excluding hydrogens is 521 g/mol. The molecule has 2 aliphatic heterocycles. The molecular formula is C31H42N4O2SSi. The smallest absolute Gasteiger partial charge is 0.258 e. The van der Waals surface area contributed by atoms with E-state index in [1.54, 1.807) is 0 Å². The molecule has 2 aromatic heterocycles. The summed E-state index contributed by atoms with van der Waals surface area (Å²) >= 11 is 1.52. The first-order valence-corrected chi connectivity index (χ1v) is 17.9. The lowest BCUT2D eigenvalue weighted by atomic mass is 9.86. The maximum atomic E-state index is 13.0. The number of aromatic nitrogens is 2. The van der Waals surface area contributed by atoms with E-state index in [4.69, 9.17) is 4.43 Å². The number of hydrogen-bond donors (Lipinski definition) is 1. The molecule has 5 rings (SSSR count). The summed E-state index contributed by atoms with van der Waals surface area (Å²) in [5.41, 5.74) is 4.70. The lowest BCUT2D eigenvalue weighted by Crippen LogP contribution is -2.39. The predicted molar refractivity (Wildman–Crippen MR) is 164 cm³/mol. The number of imidazole rings is 1. The number of rotatable bonds is 9. The monoisotopic (exact) mass is 562 g/mol. The van der Waals surface area contributed by atoms with Crippen molar-refractivity contribution in [2.45, 2.75) is 70.0 Å². The minimum absolute atomic E-state index is 0.0202. The van der Waals surface area contributed by atoms with E-state index >= 15 is 0 Å². The van der Waals surface area contributed by atoms with Crippen LogP contribution in [0.4, 0.5) is 0 Å². The molecule has 8 heteroatoms. The molecule has 2 aliphatic rings. The van der Waals surface area contributed by atoms with Crippen LogP contribution in [0.15, 0.2) is 52.5 Å². The maximum absolute atomic E-state index is 13.0. The molecule has 0 bridgehead atoms. The van der Waals surface area contributed by atoms with E-state index in [2.05, 4.69) is 71.7 Å².